The van der Waals surface area contributed by atoms with Crippen LogP contribution in [0.15, 0.2) is 229 Å². The minimum atomic E-state index is -0.160. The molecule has 0 spiro atoms. The molecule has 4 heterocycles. The zero-order chi connectivity index (χ0) is 47.7. The number of fused-ring (bicyclic) bond motifs is 12. The summed E-state index contributed by atoms with van der Waals surface area (Å²) in [6, 6.07) is 80.2. The first kappa shape index (κ1) is 40.5. The van der Waals surface area contributed by atoms with Crippen molar-refractivity contribution in [1.29, 1.82) is 0 Å². The highest BCUT2D eigenvalue weighted by atomic mass is 16.3. The van der Waals surface area contributed by atoms with Gasteiger partial charge in [0.05, 0.1) is 22.1 Å². The predicted octanol–water partition coefficient (Wildman–Crippen LogP) is 16.9. The van der Waals surface area contributed by atoms with Gasteiger partial charge < -0.3 is 13.6 Å². The summed E-state index contributed by atoms with van der Waals surface area (Å²) in [5.74, 6) is 1.91. The maximum absolute atomic E-state index is 6.67. The molecule has 0 amide bonds. The summed E-state index contributed by atoms with van der Waals surface area (Å²) >= 11 is 0. The van der Waals surface area contributed by atoms with Gasteiger partial charge in [-0.3, -0.25) is 0 Å². The van der Waals surface area contributed by atoms with E-state index in [1.165, 1.54) is 54.8 Å². The normalized spacial score (nSPS) is 13.0. The van der Waals surface area contributed by atoms with Gasteiger partial charge in [-0.15, -0.1) is 0 Å². The zero-order valence-corrected chi connectivity index (χ0v) is 39.5. The lowest BCUT2D eigenvalue weighted by molar-refractivity contribution is 0.661. The summed E-state index contributed by atoms with van der Waals surface area (Å²) in [7, 11) is 0. The molecule has 0 aliphatic heterocycles. The van der Waals surface area contributed by atoms with Crippen molar-refractivity contribution in [2.45, 2.75) is 19.3 Å². The smallest absolute Gasteiger partial charge is 0.164 e. The Morgan fingerprint density at radius 3 is 1.53 bits per heavy atom. The minimum Gasteiger partial charge on any atom is -0.456 e. The highest BCUT2D eigenvalue weighted by molar-refractivity contribution is 6.18. The summed E-state index contributed by atoms with van der Waals surface area (Å²) in [5, 5.41) is 7.05. The summed E-state index contributed by atoms with van der Waals surface area (Å²) in [4.78, 5) is 15.0. The molecule has 0 saturated carbocycles. The van der Waals surface area contributed by atoms with E-state index in [1.54, 1.807) is 0 Å². The molecule has 0 atom stereocenters. The van der Waals surface area contributed by atoms with E-state index in [9.17, 15) is 0 Å². The van der Waals surface area contributed by atoms with Crippen molar-refractivity contribution in [3.8, 4) is 67.8 Å². The molecular weight excluding hydrogens is 879 g/mol. The maximum atomic E-state index is 6.67. The van der Waals surface area contributed by atoms with Gasteiger partial charge in [0, 0.05) is 71.9 Å². The van der Waals surface area contributed by atoms with Crippen molar-refractivity contribution in [3.63, 3.8) is 0 Å². The van der Waals surface area contributed by atoms with Gasteiger partial charge in [0.2, 0.25) is 0 Å². The molecule has 10 aromatic carbocycles. The third kappa shape index (κ3) is 6.05. The van der Waals surface area contributed by atoms with E-state index < -0.39 is 0 Å². The third-order valence-corrected chi connectivity index (χ3v) is 15.2. The van der Waals surface area contributed by atoms with Crippen LogP contribution in [-0.4, -0.2) is 24.1 Å². The van der Waals surface area contributed by atoms with E-state index in [-0.39, 0.29) is 5.41 Å². The van der Waals surface area contributed by atoms with Crippen molar-refractivity contribution < 1.29 is 4.42 Å². The van der Waals surface area contributed by atoms with Crippen LogP contribution in [0.4, 0.5) is 0 Å². The fraction of sp³-hybridized carbons (Fsp3) is 0.0455. The van der Waals surface area contributed by atoms with Crippen molar-refractivity contribution in [3.05, 3.63) is 236 Å². The number of furan rings is 1. The fourth-order valence-corrected chi connectivity index (χ4v) is 11.6. The lowest BCUT2D eigenvalue weighted by Crippen LogP contribution is -2.14. The molecule has 1 aliphatic carbocycles. The number of benzene rings is 10. The standard InChI is InChI=1S/C66H43N5O/c1-66(2)55-24-14-12-22-47(55)49-36-52-50-34-43(44-29-33-61-53(35-44)54-37-51-48-23-13-15-25-57(48)70(45-20-10-5-11-21-45)60(51)39-62(54)72-61)28-32-58(50)71(59(52)38-56(49)66)46-30-26-42(27-31-46)65-68-63(40-16-6-3-7-17-40)67-64(69-65)41-18-8-4-9-19-41/h3-39H,1-2H3. The highest BCUT2D eigenvalue weighted by Gasteiger charge is 2.36. The Bertz CT molecular complexity index is 4450. The van der Waals surface area contributed by atoms with Crippen LogP contribution in [0, 0.1) is 0 Å². The summed E-state index contributed by atoms with van der Waals surface area (Å²) < 4.78 is 11.4. The van der Waals surface area contributed by atoms with E-state index >= 15 is 0 Å². The first-order valence-electron chi connectivity index (χ1n) is 24.6. The van der Waals surface area contributed by atoms with Crippen molar-refractivity contribution >= 4 is 65.6 Å². The maximum Gasteiger partial charge on any atom is 0.164 e. The van der Waals surface area contributed by atoms with Crippen LogP contribution >= 0.6 is 0 Å². The molecule has 0 saturated heterocycles. The average Bonchev–Trinajstić information content (AvgIpc) is 4.14. The van der Waals surface area contributed by atoms with Crippen LogP contribution < -0.4 is 0 Å². The Kier molecular flexibility index (Phi) is 8.61. The molecule has 15 rings (SSSR count). The Morgan fingerprint density at radius 2 is 0.819 bits per heavy atom. The van der Waals surface area contributed by atoms with E-state index in [0.29, 0.717) is 17.5 Å². The summed E-state index contributed by atoms with van der Waals surface area (Å²) in [6.07, 6.45) is 0. The second-order valence-electron chi connectivity index (χ2n) is 19.6. The van der Waals surface area contributed by atoms with Crippen molar-refractivity contribution in [1.82, 2.24) is 24.1 Å². The number of para-hydroxylation sites is 2. The monoisotopic (exact) mass is 921 g/mol. The van der Waals surface area contributed by atoms with Gasteiger partial charge in [-0.25, -0.2) is 15.0 Å². The molecule has 4 aromatic heterocycles. The van der Waals surface area contributed by atoms with Gasteiger partial charge in [0.1, 0.15) is 11.2 Å². The van der Waals surface area contributed by atoms with Gasteiger partial charge >= 0.3 is 0 Å². The average molecular weight is 922 g/mol. The molecule has 72 heavy (non-hydrogen) atoms. The number of hydrogen-bond acceptors (Lipinski definition) is 4. The van der Waals surface area contributed by atoms with Gasteiger partial charge in [-0.1, -0.05) is 147 Å². The molecule has 14 aromatic rings. The molecular formula is C66H43N5O. The predicted molar refractivity (Wildman–Crippen MR) is 295 cm³/mol. The van der Waals surface area contributed by atoms with Crippen LogP contribution in [-0.2, 0) is 5.41 Å². The highest BCUT2D eigenvalue weighted by Crippen LogP contribution is 2.51. The van der Waals surface area contributed by atoms with Gasteiger partial charge in [-0.05, 0) is 118 Å². The van der Waals surface area contributed by atoms with Crippen LogP contribution in [0.2, 0.25) is 0 Å². The molecule has 6 heteroatoms. The van der Waals surface area contributed by atoms with E-state index in [2.05, 4.69) is 187 Å². The van der Waals surface area contributed by atoms with Gasteiger partial charge in [-0.2, -0.15) is 0 Å². The van der Waals surface area contributed by atoms with E-state index in [1.807, 2.05) is 60.7 Å². The van der Waals surface area contributed by atoms with Crippen molar-refractivity contribution in [2.75, 3.05) is 0 Å². The Labute approximate surface area is 414 Å². The second kappa shape index (κ2) is 15.3. The largest absolute Gasteiger partial charge is 0.456 e. The molecule has 0 radical (unpaired) electrons. The number of aromatic nitrogens is 5. The van der Waals surface area contributed by atoms with E-state index in [4.69, 9.17) is 19.4 Å². The molecule has 0 bridgehead atoms. The van der Waals surface area contributed by atoms with Crippen LogP contribution in [0.3, 0.4) is 0 Å². The van der Waals surface area contributed by atoms with Gasteiger partial charge in [0.15, 0.2) is 17.5 Å². The third-order valence-electron chi connectivity index (χ3n) is 15.2. The molecule has 338 valence electrons. The number of nitrogens with zero attached hydrogens (tertiary/aromatic N) is 5. The van der Waals surface area contributed by atoms with Gasteiger partial charge in [0.25, 0.3) is 0 Å². The summed E-state index contributed by atoms with van der Waals surface area (Å²) in [5.41, 5.74) is 18.8. The Balaban J connectivity index is 0.892. The molecule has 0 unspecified atom stereocenters. The van der Waals surface area contributed by atoms with Crippen LogP contribution in [0.25, 0.3) is 133 Å². The molecule has 6 nitrogen and oxygen atoms in total. The summed E-state index contributed by atoms with van der Waals surface area (Å²) in [6.45, 7) is 4.71. The molecule has 1 aliphatic rings. The lowest BCUT2D eigenvalue weighted by Gasteiger charge is -2.21. The zero-order valence-electron chi connectivity index (χ0n) is 39.5. The first-order valence-corrected chi connectivity index (χ1v) is 24.6. The Hall–Kier alpha value is -9.39. The molecule has 0 fully saturated rings. The first-order chi connectivity index (χ1) is 35.4. The second-order valence-corrected chi connectivity index (χ2v) is 19.6. The van der Waals surface area contributed by atoms with Crippen LogP contribution in [0.1, 0.15) is 25.0 Å². The van der Waals surface area contributed by atoms with E-state index in [0.717, 1.165) is 72.2 Å². The minimum absolute atomic E-state index is 0.160. The fourth-order valence-electron chi connectivity index (χ4n) is 11.6. The van der Waals surface area contributed by atoms with Crippen LogP contribution in [0.5, 0.6) is 0 Å². The number of hydrogen-bond donors (Lipinski definition) is 0. The molecule has 0 N–H and O–H groups in total. The SMILES string of the molecule is CC1(C)c2ccccc2-c2cc3c4cc(-c5ccc6oc7cc8c(cc7c6c5)c5ccccc5n8-c5ccccc5)ccc4n(-c4ccc(-c5nc(-c6ccccc6)nc(-c6ccccc6)n5)cc4)c3cc21. The van der Waals surface area contributed by atoms with Crippen molar-refractivity contribution in [2.24, 2.45) is 0 Å². The topological polar surface area (TPSA) is 61.7 Å². The Morgan fingerprint density at radius 1 is 0.319 bits per heavy atom. The number of rotatable bonds is 6. The lowest BCUT2D eigenvalue weighted by atomic mass is 9.82. The quantitative estimate of drug-likeness (QED) is 0.167.